The zero-order chi connectivity index (χ0) is 8.97. The molecule has 0 aliphatic carbocycles. The SMILES string of the molecule is C=C(C[NH2+]C)c1ccc(O)cc1.[Cl-]. The van der Waals surface area contributed by atoms with Crippen molar-refractivity contribution in [3.05, 3.63) is 36.4 Å². The fourth-order valence-electron chi connectivity index (χ4n) is 1.06. The molecule has 0 saturated carbocycles. The Hall–Kier alpha value is -0.990. The summed E-state index contributed by atoms with van der Waals surface area (Å²) in [6.45, 7) is 4.83. The van der Waals surface area contributed by atoms with Gasteiger partial charge in [-0.15, -0.1) is 0 Å². The first-order chi connectivity index (χ1) is 5.74. The number of phenolic OH excluding ortho intramolecular Hbond substituents is 1. The van der Waals surface area contributed by atoms with Crippen LogP contribution in [0.25, 0.3) is 5.57 Å². The summed E-state index contributed by atoms with van der Waals surface area (Å²) < 4.78 is 0. The third-order valence-electron chi connectivity index (χ3n) is 1.73. The van der Waals surface area contributed by atoms with E-state index in [1.54, 1.807) is 12.1 Å². The van der Waals surface area contributed by atoms with Gasteiger partial charge in [-0.1, -0.05) is 18.7 Å². The number of hydrogen-bond acceptors (Lipinski definition) is 1. The highest BCUT2D eigenvalue weighted by Gasteiger charge is 1.98. The molecule has 2 nitrogen and oxygen atoms in total. The van der Waals surface area contributed by atoms with E-state index >= 15 is 0 Å². The molecule has 0 atom stereocenters. The predicted molar refractivity (Wildman–Crippen MR) is 49.9 cm³/mol. The van der Waals surface area contributed by atoms with Crippen molar-refractivity contribution in [2.75, 3.05) is 13.6 Å². The molecule has 0 unspecified atom stereocenters. The predicted octanol–water partition coefficient (Wildman–Crippen LogP) is -2.40. The summed E-state index contributed by atoms with van der Waals surface area (Å²) in [6, 6.07) is 7.11. The number of likely N-dealkylation sites (N-methyl/N-ethyl adjacent to an activating group) is 1. The van der Waals surface area contributed by atoms with Gasteiger partial charge in [-0.25, -0.2) is 0 Å². The van der Waals surface area contributed by atoms with E-state index < -0.39 is 0 Å². The molecule has 0 bridgehead atoms. The van der Waals surface area contributed by atoms with Crippen LogP contribution in [0.3, 0.4) is 0 Å². The monoisotopic (exact) mass is 199 g/mol. The van der Waals surface area contributed by atoms with E-state index in [0.717, 1.165) is 17.7 Å². The van der Waals surface area contributed by atoms with Crippen molar-refractivity contribution in [2.24, 2.45) is 0 Å². The van der Waals surface area contributed by atoms with E-state index in [0.29, 0.717) is 5.75 Å². The second-order valence-electron chi connectivity index (χ2n) is 2.76. The van der Waals surface area contributed by atoms with Gasteiger partial charge in [-0.05, 0) is 17.7 Å². The lowest BCUT2D eigenvalue weighted by molar-refractivity contribution is -0.614. The van der Waals surface area contributed by atoms with Gasteiger partial charge in [0.25, 0.3) is 0 Å². The molecule has 0 aliphatic rings. The Morgan fingerprint density at radius 3 is 2.38 bits per heavy atom. The Balaban J connectivity index is 0.00000144. The van der Waals surface area contributed by atoms with Crippen LogP contribution in [-0.2, 0) is 0 Å². The topological polar surface area (TPSA) is 36.8 Å². The minimum absolute atomic E-state index is 0. The van der Waals surface area contributed by atoms with Crippen molar-refractivity contribution in [2.45, 2.75) is 0 Å². The zero-order valence-electron chi connectivity index (χ0n) is 7.63. The van der Waals surface area contributed by atoms with Crippen LogP contribution in [0.5, 0.6) is 5.75 Å². The molecule has 0 amide bonds. The van der Waals surface area contributed by atoms with Crippen LogP contribution in [0, 0.1) is 0 Å². The zero-order valence-corrected chi connectivity index (χ0v) is 8.38. The average molecular weight is 200 g/mol. The number of rotatable bonds is 3. The van der Waals surface area contributed by atoms with Crippen LogP contribution in [-0.4, -0.2) is 18.7 Å². The van der Waals surface area contributed by atoms with Gasteiger partial charge >= 0.3 is 0 Å². The number of halogens is 1. The van der Waals surface area contributed by atoms with Gasteiger partial charge in [0.15, 0.2) is 0 Å². The minimum Gasteiger partial charge on any atom is -1.00 e. The Morgan fingerprint density at radius 1 is 1.38 bits per heavy atom. The maximum Gasteiger partial charge on any atom is 0.115 e. The highest BCUT2D eigenvalue weighted by molar-refractivity contribution is 5.64. The normalized spacial score (nSPS) is 9.00. The molecule has 72 valence electrons. The second-order valence-corrected chi connectivity index (χ2v) is 2.76. The molecule has 1 aromatic rings. The summed E-state index contributed by atoms with van der Waals surface area (Å²) in [6.07, 6.45) is 0. The first-order valence-corrected chi connectivity index (χ1v) is 3.99. The molecule has 3 N–H and O–H groups in total. The number of aromatic hydroxyl groups is 1. The van der Waals surface area contributed by atoms with Gasteiger partial charge in [0.05, 0.1) is 7.05 Å². The van der Waals surface area contributed by atoms with Crippen LogP contribution in [0.2, 0.25) is 0 Å². The van der Waals surface area contributed by atoms with Crippen LogP contribution in [0.4, 0.5) is 0 Å². The Bertz CT molecular complexity index is 269. The molecule has 0 heterocycles. The van der Waals surface area contributed by atoms with E-state index in [4.69, 9.17) is 5.11 Å². The molecule has 0 saturated heterocycles. The number of hydrogen-bond donors (Lipinski definition) is 2. The highest BCUT2D eigenvalue weighted by Crippen LogP contribution is 2.14. The van der Waals surface area contributed by atoms with Crippen molar-refractivity contribution in [1.29, 1.82) is 0 Å². The first-order valence-electron chi connectivity index (χ1n) is 3.99. The second kappa shape index (κ2) is 5.62. The van der Waals surface area contributed by atoms with Gasteiger partial charge in [0.1, 0.15) is 12.3 Å². The van der Waals surface area contributed by atoms with E-state index in [1.807, 2.05) is 19.2 Å². The number of quaternary nitrogens is 1. The van der Waals surface area contributed by atoms with Gasteiger partial charge in [-0.3, -0.25) is 0 Å². The van der Waals surface area contributed by atoms with Crippen molar-refractivity contribution in [3.63, 3.8) is 0 Å². The maximum absolute atomic E-state index is 9.03. The van der Waals surface area contributed by atoms with Gasteiger partial charge in [0.2, 0.25) is 0 Å². The number of nitrogens with two attached hydrogens (primary N) is 1. The van der Waals surface area contributed by atoms with Crippen molar-refractivity contribution in [3.8, 4) is 5.75 Å². The largest absolute Gasteiger partial charge is 1.00 e. The van der Waals surface area contributed by atoms with Crippen molar-refractivity contribution < 1.29 is 22.8 Å². The lowest BCUT2D eigenvalue weighted by atomic mass is 10.1. The van der Waals surface area contributed by atoms with Crippen molar-refractivity contribution in [1.82, 2.24) is 0 Å². The molecule has 1 aromatic carbocycles. The Morgan fingerprint density at radius 2 is 1.92 bits per heavy atom. The van der Waals surface area contributed by atoms with Crippen LogP contribution in [0.1, 0.15) is 5.56 Å². The van der Waals surface area contributed by atoms with E-state index in [2.05, 4.69) is 11.9 Å². The molecule has 1 rings (SSSR count). The molecule has 0 aliphatic heterocycles. The molecular weight excluding hydrogens is 186 g/mol. The number of benzene rings is 1. The quantitative estimate of drug-likeness (QED) is 0.560. The Labute approximate surface area is 84.7 Å². The van der Waals surface area contributed by atoms with Gasteiger partial charge < -0.3 is 22.8 Å². The van der Waals surface area contributed by atoms with Crippen LogP contribution < -0.4 is 17.7 Å². The molecule has 0 aromatic heterocycles. The maximum atomic E-state index is 9.03. The summed E-state index contributed by atoms with van der Waals surface area (Å²) in [5.41, 5.74) is 2.17. The molecule has 3 heteroatoms. The molecule has 0 fully saturated rings. The fraction of sp³-hybridized carbons (Fsp3) is 0.200. The summed E-state index contributed by atoms with van der Waals surface area (Å²) in [7, 11) is 2.01. The van der Waals surface area contributed by atoms with Crippen molar-refractivity contribution >= 4 is 5.57 Å². The summed E-state index contributed by atoms with van der Waals surface area (Å²) in [5.74, 6) is 0.298. The smallest absolute Gasteiger partial charge is 0.115 e. The van der Waals surface area contributed by atoms with E-state index in [9.17, 15) is 0 Å². The van der Waals surface area contributed by atoms with Crippen LogP contribution >= 0.6 is 0 Å². The average Bonchev–Trinajstić information content (AvgIpc) is 2.06. The van der Waals surface area contributed by atoms with E-state index in [-0.39, 0.29) is 12.4 Å². The molecule has 13 heavy (non-hydrogen) atoms. The molecular formula is C10H14ClNO. The number of phenols is 1. The van der Waals surface area contributed by atoms with Gasteiger partial charge in [-0.2, -0.15) is 0 Å². The first kappa shape index (κ1) is 12.0. The third kappa shape index (κ3) is 3.49. The van der Waals surface area contributed by atoms with Crippen LogP contribution in [0.15, 0.2) is 30.8 Å². The summed E-state index contributed by atoms with van der Waals surface area (Å²) >= 11 is 0. The molecule has 0 radical (unpaired) electrons. The minimum atomic E-state index is 0. The lowest BCUT2D eigenvalue weighted by Crippen LogP contribution is -3.00. The lowest BCUT2D eigenvalue weighted by Gasteiger charge is -2.02. The summed E-state index contributed by atoms with van der Waals surface area (Å²) in [5, 5.41) is 11.1. The van der Waals surface area contributed by atoms with E-state index in [1.165, 1.54) is 0 Å². The molecule has 0 spiro atoms. The third-order valence-corrected chi connectivity index (χ3v) is 1.73. The fourth-order valence-corrected chi connectivity index (χ4v) is 1.06. The standard InChI is InChI=1S/C10H13NO.ClH/c1-8(7-11-2)9-3-5-10(12)6-4-9;/h3-6,11-12H,1,7H2,2H3;1H. The summed E-state index contributed by atoms with van der Waals surface area (Å²) in [4.78, 5) is 0. The Kier molecular flexibility index (Phi) is 5.19. The highest BCUT2D eigenvalue weighted by atomic mass is 35.5. The van der Waals surface area contributed by atoms with Gasteiger partial charge in [0, 0.05) is 5.57 Å².